The number of hydrogen-bond donors (Lipinski definition) is 1. The molecule has 0 saturated carbocycles. The number of nitrogens with zero attached hydrogens (tertiary/aromatic N) is 1. The topological polar surface area (TPSA) is 58.6 Å². The predicted molar refractivity (Wildman–Crippen MR) is 128 cm³/mol. The van der Waals surface area contributed by atoms with Gasteiger partial charge in [0, 0.05) is 11.3 Å². The number of ether oxygens (including phenoxy) is 1. The molecule has 1 N–H and O–H groups in total. The van der Waals surface area contributed by atoms with Gasteiger partial charge in [-0.3, -0.25) is 9.59 Å². The Hall–Kier alpha value is -3.86. The fraction of sp³-hybridized carbons (Fsp3) is 0.185. The molecule has 0 spiro atoms. The number of aryl methyl sites for hydroxylation is 4. The van der Waals surface area contributed by atoms with Crippen molar-refractivity contribution >= 4 is 28.8 Å². The molecule has 5 heteroatoms. The van der Waals surface area contributed by atoms with E-state index in [1.807, 2.05) is 76.2 Å². The second-order valence-electron chi connectivity index (χ2n) is 8.19. The zero-order valence-electron chi connectivity index (χ0n) is 18.9. The van der Waals surface area contributed by atoms with Crippen LogP contribution in [0, 0.1) is 27.7 Å². The molecule has 0 saturated heterocycles. The third-order valence-electron chi connectivity index (χ3n) is 5.57. The highest BCUT2D eigenvalue weighted by molar-refractivity contribution is 6.46. The summed E-state index contributed by atoms with van der Waals surface area (Å²) < 4.78 is 5.51. The Bertz CT molecular complexity index is 1250. The number of methoxy groups -OCH3 is 1. The van der Waals surface area contributed by atoms with Crippen molar-refractivity contribution in [3.63, 3.8) is 0 Å². The van der Waals surface area contributed by atoms with Gasteiger partial charge in [-0.15, -0.1) is 0 Å². The first-order valence-electron chi connectivity index (χ1n) is 10.5. The summed E-state index contributed by atoms with van der Waals surface area (Å²) in [5, 5.41) is 3.26. The smallest absolute Gasteiger partial charge is 0.282 e. The average Bonchev–Trinajstić information content (AvgIpc) is 2.98. The van der Waals surface area contributed by atoms with Crippen LogP contribution in [-0.4, -0.2) is 18.9 Å². The van der Waals surface area contributed by atoms with Crippen LogP contribution in [0.4, 0.5) is 11.4 Å². The maximum Gasteiger partial charge on any atom is 0.282 e. The fourth-order valence-electron chi connectivity index (χ4n) is 4.15. The Labute approximate surface area is 188 Å². The van der Waals surface area contributed by atoms with Gasteiger partial charge >= 0.3 is 0 Å². The van der Waals surface area contributed by atoms with E-state index >= 15 is 0 Å². The van der Waals surface area contributed by atoms with Gasteiger partial charge in [0.1, 0.15) is 11.4 Å². The van der Waals surface area contributed by atoms with Gasteiger partial charge in [0.25, 0.3) is 11.8 Å². The van der Waals surface area contributed by atoms with Gasteiger partial charge < -0.3 is 10.1 Å². The number of amides is 2. The molecule has 1 aliphatic heterocycles. The van der Waals surface area contributed by atoms with Crippen molar-refractivity contribution in [2.75, 3.05) is 17.3 Å². The molecular weight excluding hydrogens is 400 g/mol. The van der Waals surface area contributed by atoms with Gasteiger partial charge in [0.05, 0.1) is 18.4 Å². The maximum atomic E-state index is 13.7. The summed E-state index contributed by atoms with van der Waals surface area (Å²) in [6, 6.07) is 18.9. The minimum atomic E-state index is -0.388. The lowest BCUT2D eigenvalue weighted by molar-refractivity contribution is -0.120. The van der Waals surface area contributed by atoms with Crippen molar-refractivity contribution in [2.45, 2.75) is 27.7 Å². The fourth-order valence-corrected chi connectivity index (χ4v) is 4.15. The second kappa shape index (κ2) is 8.35. The van der Waals surface area contributed by atoms with Gasteiger partial charge in [-0.25, -0.2) is 4.90 Å². The molecule has 2 amide bonds. The van der Waals surface area contributed by atoms with Gasteiger partial charge in [-0.2, -0.15) is 0 Å². The van der Waals surface area contributed by atoms with Crippen LogP contribution in [0.15, 0.2) is 66.4 Å². The molecule has 3 aromatic carbocycles. The average molecular weight is 427 g/mol. The summed E-state index contributed by atoms with van der Waals surface area (Å²) in [6.45, 7) is 7.89. The quantitative estimate of drug-likeness (QED) is 0.561. The number of carbonyl (C=O) groups excluding carboxylic acids is 2. The highest BCUT2D eigenvalue weighted by Crippen LogP contribution is 2.38. The van der Waals surface area contributed by atoms with E-state index in [1.165, 1.54) is 4.90 Å². The number of carbonyl (C=O) groups is 2. The zero-order chi connectivity index (χ0) is 23.0. The molecule has 162 valence electrons. The molecule has 4 rings (SSSR count). The first-order chi connectivity index (χ1) is 15.3. The van der Waals surface area contributed by atoms with Gasteiger partial charge in [-0.1, -0.05) is 42.0 Å². The van der Waals surface area contributed by atoms with E-state index in [4.69, 9.17) is 4.74 Å². The number of rotatable bonds is 5. The molecule has 0 unspecified atom stereocenters. The second-order valence-corrected chi connectivity index (χ2v) is 8.19. The van der Waals surface area contributed by atoms with E-state index in [2.05, 4.69) is 5.32 Å². The van der Waals surface area contributed by atoms with Crippen LogP contribution in [0.2, 0.25) is 0 Å². The van der Waals surface area contributed by atoms with Crippen LogP contribution in [0.25, 0.3) is 5.57 Å². The molecule has 3 aromatic rings. The SMILES string of the molecule is COc1ccccc1C1=C(Nc2ccc(C)cc2C)C(=O)N(c2cc(C)cc(C)c2)C1=O. The summed E-state index contributed by atoms with van der Waals surface area (Å²) in [4.78, 5) is 28.6. The molecule has 0 aromatic heterocycles. The van der Waals surface area contributed by atoms with E-state index in [9.17, 15) is 9.59 Å². The van der Waals surface area contributed by atoms with Crippen LogP contribution in [0.5, 0.6) is 5.75 Å². The number of hydrogen-bond acceptors (Lipinski definition) is 4. The van der Waals surface area contributed by atoms with E-state index in [0.717, 1.165) is 27.9 Å². The standard InChI is InChI=1S/C27H26N2O3/c1-16-10-11-22(19(4)13-16)28-25-24(21-8-6-7-9-23(21)32-5)26(30)29(27(25)31)20-14-17(2)12-18(3)15-20/h6-15,28H,1-5H3. The largest absolute Gasteiger partial charge is 0.496 e. The van der Waals surface area contributed by atoms with Gasteiger partial charge in [0.2, 0.25) is 0 Å². The summed E-state index contributed by atoms with van der Waals surface area (Å²) in [5.74, 6) is -0.233. The van der Waals surface area contributed by atoms with Crippen molar-refractivity contribution < 1.29 is 14.3 Å². The van der Waals surface area contributed by atoms with Crippen LogP contribution < -0.4 is 15.0 Å². The van der Waals surface area contributed by atoms with Gasteiger partial charge in [-0.05, 0) is 68.7 Å². The number of anilines is 2. The Morgan fingerprint density at radius 3 is 2.12 bits per heavy atom. The lowest BCUT2D eigenvalue weighted by atomic mass is 10.0. The number of nitrogens with one attached hydrogen (secondary N) is 1. The van der Waals surface area contributed by atoms with Crippen molar-refractivity contribution in [1.82, 2.24) is 0 Å². The van der Waals surface area contributed by atoms with E-state index in [1.54, 1.807) is 19.2 Å². The van der Waals surface area contributed by atoms with Crippen molar-refractivity contribution in [1.29, 1.82) is 0 Å². The lowest BCUT2D eigenvalue weighted by Gasteiger charge is -2.17. The van der Waals surface area contributed by atoms with Crippen molar-refractivity contribution in [3.05, 3.63) is 94.2 Å². The highest BCUT2D eigenvalue weighted by Gasteiger charge is 2.41. The Kier molecular flexibility index (Phi) is 5.57. The summed E-state index contributed by atoms with van der Waals surface area (Å²) in [7, 11) is 1.56. The van der Waals surface area contributed by atoms with Crippen molar-refractivity contribution in [2.24, 2.45) is 0 Å². The molecule has 0 radical (unpaired) electrons. The van der Waals surface area contributed by atoms with Gasteiger partial charge in [0.15, 0.2) is 0 Å². The molecule has 1 aliphatic rings. The Balaban J connectivity index is 1.89. The monoisotopic (exact) mass is 426 g/mol. The molecule has 1 heterocycles. The summed E-state index contributed by atoms with van der Waals surface area (Å²) in [5.41, 5.74) is 6.53. The molecular formula is C27H26N2O3. The molecule has 0 atom stereocenters. The summed E-state index contributed by atoms with van der Waals surface area (Å²) >= 11 is 0. The number of imide groups is 1. The van der Waals surface area contributed by atoms with Crippen LogP contribution in [0.3, 0.4) is 0 Å². The first-order valence-corrected chi connectivity index (χ1v) is 10.5. The Morgan fingerprint density at radius 2 is 1.47 bits per heavy atom. The molecule has 0 bridgehead atoms. The van der Waals surface area contributed by atoms with E-state index in [0.29, 0.717) is 22.6 Å². The van der Waals surface area contributed by atoms with Crippen molar-refractivity contribution in [3.8, 4) is 5.75 Å². The highest BCUT2D eigenvalue weighted by atomic mass is 16.5. The first kappa shape index (κ1) is 21.4. The van der Waals surface area contributed by atoms with E-state index in [-0.39, 0.29) is 17.5 Å². The predicted octanol–water partition coefficient (Wildman–Crippen LogP) is 5.33. The molecule has 32 heavy (non-hydrogen) atoms. The maximum absolute atomic E-state index is 13.7. The lowest BCUT2D eigenvalue weighted by Crippen LogP contribution is -2.32. The normalized spacial score (nSPS) is 13.7. The third kappa shape index (κ3) is 3.78. The Morgan fingerprint density at radius 1 is 0.781 bits per heavy atom. The minimum absolute atomic E-state index is 0.241. The zero-order valence-corrected chi connectivity index (χ0v) is 18.9. The van der Waals surface area contributed by atoms with E-state index < -0.39 is 0 Å². The third-order valence-corrected chi connectivity index (χ3v) is 5.57. The molecule has 0 aliphatic carbocycles. The molecule has 5 nitrogen and oxygen atoms in total. The number of benzene rings is 3. The molecule has 0 fully saturated rings. The van der Waals surface area contributed by atoms with Crippen LogP contribution in [0.1, 0.15) is 27.8 Å². The van der Waals surface area contributed by atoms with Crippen LogP contribution >= 0.6 is 0 Å². The summed E-state index contributed by atoms with van der Waals surface area (Å²) in [6.07, 6.45) is 0. The van der Waals surface area contributed by atoms with Crippen LogP contribution in [-0.2, 0) is 9.59 Å². The minimum Gasteiger partial charge on any atom is -0.496 e. The number of para-hydroxylation sites is 1.